The topological polar surface area (TPSA) is 79.5 Å². The molecule has 0 N–H and O–H groups in total. The molecule has 0 saturated carbocycles. The molecular formula is C27H23FN4O. The van der Waals surface area contributed by atoms with Gasteiger partial charge in [-0.2, -0.15) is 5.26 Å². The predicted octanol–water partition coefficient (Wildman–Crippen LogP) is 5.14. The number of carbonyl (C=O) groups excluding carboxylic acids is 1. The number of nitrogens with zero attached hydrogens (tertiary/aromatic N) is 4. The SMILES string of the molecule is Cc1ccc(-c2nc(-c3ccccc3F)c3c(n2)[C@]2(C)C=C(C#N)C(=O)C(C)C2CC3)cn1. The third-order valence-electron chi connectivity index (χ3n) is 7.14. The highest BCUT2D eigenvalue weighted by atomic mass is 19.1. The van der Waals surface area contributed by atoms with E-state index in [1.54, 1.807) is 30.5 Å². The van der Waals surface area contributed by atoms with Gasteiger partial charge in [-0.3, -0.25) is 9.78 Å². The van der Waals surface area contributed by atoms with Crippen LogP contribution in [0.5, 0.6) is 0 Å². The van der Waals surface area contributed by atoms with E-state index in [1.165, 1.54) is 6.07 Å². The average Bonchev–Trinajstić information content (AvgIpc) is 2.82. The van der Waals surface area contributed by atoms with Crippen LogP contribution in [0.15, 0.2) is 54.2 Å². The molecule has 2 aromatic heterocycles. The number of ketones is 1. The maximum Gasteiger partial charge on any atom is 0.176 e. The van der Waals surface area contributed by atoms with Crippen molar-refractivity contribution in [3.8, 4) is 28.7 Å². The Hall–Kier alpha value is -3.72. The van der Waals surface area contributed by atoms with Crippen molar-refractivity contribution in [1.82, 2.24) is 15.0 Å². The number of nitriles is 1. The number of rotatable bonds is 2. The fourth-order valence-corrected chi connectivity index (χ4v) is 5.38. The van der Waals surface area contributed by atoms with Crippen LogP contribution in [-0.4, -0.2) is 20.7 Å². The summed E-state index contributed by atoms with van der Waals surface area (Å²) >= 11 is 0. The van der Waals surface area contributed by atoms with E-state index >= 15 is 0 Å². The number of fused-ring (bicyclic) bond motifs is 3. The second-order valence-corrected chi connectivity index (χ2v) is 9.14. The van der Waals surface area contributed by atoms with E-state index in [0.29, 0.717) is 23.5 Å². The quantitative estimate of drug-likeness (QED) is 0.553. The molecule has 6 heteroatoms. The third kappa shape index (κ3) is 3.27. The summed E-state index contributed by atoms with van der Waals surface area (Å²) in [7, 11) is 0. The number of hydrogen-bond donors (Lipinski definition) is 0. The first-order valence-electron chi connectivity index (χ1n) is 11.1. The summed E-state index contributed by atoms with van der Waals surface area (Å²) in [6.07, 6.45) is 4.86. The van der Waals surface area contributed by atoms with Crippen LogP contribution in [0.4, 0.5) is 4.39 Å². The second kappa shape index (κ2) is 7.70. The molecule has 2 aliphatic carbocycles. The number of hydrogen-bond acceptors (Lipinski definition) is 5. The number of allylic oxidation sites excluding steroid dienone is 2. The van der Waals surface area contributed by atoms with Crippen molar-refractivity contribution in [2.24, 2.45) is 11.8 Å². The van der Waals surface area contributed by atoms with Crippen LogP contribution in [0.2, 0.25) is 0 Å². The summed E-state index contributed by atoms with van der Waals surface area (Å²) < 4.78 is 14.9. The minimum Gasteiger partial charge on any atom is -0.293 e. The van der Waals surface area contributed by atoms with Crippen molar-refractivity contribution in [2.75, 3.05) is 0 Å². The molecule has 5 rings (SSSR count). The molecule has 0 radical (unpaired) electrons. The first-order chi connectivity index (χ1) is 15.8. The van der Waals surface area contributed by atoms with Gasteiger partial charge in [-0.15, -0.1) is 0 Å². The van der Waals surface area contributed by atoms with Crippen LogP contribution in [0.1, 0.15) is 37.2 Å². The van der Waals surface area contributed by atoms with E-state index in [2.05, 4.69) is 11.1 Å². The van der Waals surface area contributed by atoms with Gasteiger partial charge in [0.1, 0.15) is 11.9 Å². The number of aryl methyl sites for hydroxylation is 1. The highest BCUT2D eigenvalue weighted by Gasteiger charge is 2.49. The van der Waals surface area contributed by atoms with Gasteiger partial charge in [0.05, 0.1) is 17.0 Å². The van der Waals surface area contributed by atoms with E-state index in [9.17, 15) is 14.4 Å². The summed E-state index contributed by atoms with van der Waals surface area (Å²) in [4.78, 5) is 26.9. The monoisotopic (exact) mass is 438 g/mol. The van der Waals surface area contributed by atoms with Gasteiger partial charge >= 0.3 is 0 Å². The van der Waals surface area contributed by atoms with E-state index < -0.39 is 5.41 Å². The number of carbonyl (C=O) groups is 1. The van der Waals surface area contributed by atoms with Crippen molar-refractivity contribution >= 4 is 5.78 Å². The summed E-state index contributed by atoms with van der Waals surface area (Å²) in [5.74, 6) is -0.298. The Bertz CT molecular complexity index is 1360. The predicted molar refractivity (Wildman–Crippen MR) is 122 cm³/mol. The molecule has 0 aliphatic heterocycles. The first-order valence-corrected chi connectivity index (χ1v) is 11.1. The van der Waals surface area contributed by atoms with Crippen molar-refractivity contribution in [3.05, 3.63) is 77.0 Å². The molecule has 2 heterocycles. The van der Waals surface area contributed by atoms with Gasteiger partial charge in [-0.25, -0.2) is 14.4 Å². The summed E-state index contributed by atoms with van der Waals surface area (Å²) in [5, 5.41) is 9.63. The smallest absolute Gasteiger partial charge is 0.176 e. The third-order valence-corrected chi connectivity index (χ3v) is 7.14. The van der Waals surface area contributed by atoms with Crippen LogP contribution in [0.25, 0.3) is 22.6 Å². The molecule has 33 heavy (non-hydrogen) atoms. The van der Waals surface area contributed by atoms with Crippen LogP contribution in [-0.2, 0) is 16.6 Å². The van der Waals surface area contributed by atoms with Gasteiger partial charge in [0.15, 0.2) is 11.6 Å². The summed E-state index contributed by atoms with van der Waals surface area (Å²) in [6.45, 7) is 5.83. The molecule has 0 saturated heterocycles. The average molecular weight is 439 g/mol. The molecule has 3 atom stereocenters. The zero-order chi connectivity index (χ0) is 23.3. The number of aromatic nitrogens is 3. The van der Waals surface area contributed by atoms with Crippen molar-refractivity contribution < 1.29 is 9.18 Å². The molecule has 0 spiro atoms. The highest BCUT2D eigenvalue weighted by Crippen LogP contribution is 2.51. The van der Waals surface area contributed by atoms with E-state index in [-0.39, 0.29) is 29.0 Å². The van der Waals surface area contributed by atoms with Crippen LogP contribution >= 0.6 is 0 Å². The Morgan fingerprint density at radius 2 is 1.97 bits per heavy atom. The van der Waals surface area contributed by atoms with Crippen molar-refractivity contribution in [3.63, 3.8) is 0 Å². The second-order valence-electron chi connectivity index (χ2n) is 9.14. The van der Waals surface area contributed by atoms with Gasteiger partial charge in [-0.1, -0.05) is 32.1 Å². The Balaban J connectivity index is 1.82. The van der Waals surface area contributed by atoms with Gasteiger partial charge in [0.25, 0.3) is 0 Å². The maximum atomic E-state index is 14.9. The minimum atomic E-state index is -0.637. The van der Waals surface area contributed by atoms with Gasteiger partial charge < -0.3 is 0 Å². The maximum absolute atomic E-state index is 14.9. The lowest BCUT2D eigenvalue weighted by molar-refractivity contribution is -0.121. The van der Waals surface area contributed by atoms with Gasteiger partial charge in [-0.05, 0) is 49.9 Å². The molecule has 2 aliphatic rings. The lowest BCUT2D eigenvalue weighted by Crippen LogP contribution is -2.46. The molecular weight excluding hydrogens is 415 g/mol. The fraction of sp³-hybridized carbons (Fsp3) is 0.296. The number of halogens is 1. The van der Waals surface area contributed by atoms with Crippen molar-refractivity contribution in [2.45, 2.75) is 39.0 Å². The van der Waals surface area contributed by atoms with Crippen LogP contribution < -0.4 is 0 Å². The Morgan fingerprint density at radius 1 is 1.18 bits per heavy atom. The molecule has 0 bridgehead atoms. The largest absolute Gasteiger partial charge is 0.293 e. The minimum absolute atomic E-state index is 0.00182. The fourth-order valence-electron chi connectivity index (χ4n) is 5.38. The molecule has 0 fully saturated rings. The molecule has 1 aromatic carbocycles. The van der Waals surface area contributed by atoms with E-state index in [4.69, 9.17) is 9.97 Å². The van der Waals surface area contributed by atoms with E-state index in [0.717, 1.165) is 28.9 Å². The number of benzene rings is 1. The summed E-state index contributed by atoms with van der Waals surface area (Å²) in [6, 6.07) is 12.5. The highest BCUT2D eigenvalue weighted by molar-refractivity contribution is 6.02. The number of Topliss-reactive ketones (excluding diaryl/α,β-unsaturated/α-hetero) is 1. The molecule has 164 valence electrons. The van der Waals surface area contributed by atoms with Crippen LogP contribution in [0, 0.1) is 35.9 Å². The lowest BCUT2D eigenvalue weighted by atomic mass is 9.57. The van der Waals surface area contributed by atoms with Gasteiger partial charge in [0.2, 0.25) is 0 Å². The number of pyridine rings is 1. The standard InChI is InChI=1S/C27H23FN4O/c1-15-8-9-17(14-30-15)26-31-23(19-6-4-5-7-22(19)28)20-10-11-21-16(2)24(33)18(13-29)12-27(21,3)25(20)32-26/h4-9,12,14,16,21H,10-11H2,1-3H3/t16?,21?,27-/m1/s1. The Labute approximate surface area is 192 Å². The molecule has 0 amide bonds. The first kappa shape index (κ1) is 21.1. The zero-order valence-electron chi connectivity index (χ0n) is 18.8. The molecule has 5 nitrogen and oxygen atoms in total. The normalized spacial score (nSPS) is 23.8. The lowest BCUT2D eigenvalue weighted by Gasteiger charge is -2.45. The van der Waals surface area contributed by atoms with E-state index in [1.807, 2.05) is 32.9 Å². The molecule has 3 aromatic rings. The molecule has 2 unspecified atom stereocenters. The van der Waals surface area contributed by atoms with Crippen LogP contribution in [0.3, 0.4) is 0 Å². The van der Waals surface area contributed by atoms with Crippen molar-refractivity contribution in [1.29, 1.82) is 5.26 Å². The summed E-state index contributed by atoms with van der Waals surface area (Å²) in [5.41, 5.74) is 3.75. The Kier molecular flexibility index (Phi) is 4.93. The van der Waals surface area contributed by atoms with Gasteiger partial charge in [0, 0.05) is 39.9 Å². The Morgan fingerprint density at radius 3 is 2.67 bits per heavy atom. The zero-order valence-corrected chi connectivity index (χ0v) is 18.8.